The first kappa shape index (κ1) is 15.2. The van der Waals surface area contributed by atoms with Crippen molar-refractivity contribution in [3.05, 3.63) is 34.4 Å². The van der Waals surface area contributed by atoms with Crippen LogP contribution in [0.25, 0.3) is 0 Å². The number of nitro benzene ring substituents is 1. The Balaban J connectivity index is 1.80. The summed E-state index contributed by atoms with van der Waals surface area (Å²) in [4.78, 5) is 21.4. The maximum absolute atomic E-state index is 11.5. The highest BCUT2D eigenvalue weighted by Gasteiger charge is 2.30. The molecule has 8 nitrogen and oxygen atoms in total. The summed E-state index contributed by atoms with van der Waals surface area (Å²) in [5.41, 5.74) is -0.0823. The van der Waals surface area contributed by atoms with Crippen molar-refractivity contribution in [2.45, 2.75) is 12.5 Å². The van der Waals surface area contributed by atoms with E-state index in [4.69, 9.17) is 9.47 Å². The summed E-state index contributed by atoms with van der Waals surface area (Å²) in [6.07, 6.45) is -0.325. The van der Waals surface area contributed by atoms with Crippen LogP contribution in [0.15, 0.2) is 24.3 Å². The molecule has 1 atom stereocenters. The Hall–Kier alpha value is -2.16. The van der Waals surface area contributed by atoms with Crippen molar-refractivity contribution in [2.75, 3.05) is 18.1 Å². The van der Waals surface area contributed by atoms with Crippen molar-refractivity contribution < 1.29 is 27.6 Å². The number of hydrogen-bond donors (Lipinski definition) is 0. The fourth-order valence-electron chi connectivity index (χ4n) is 1.88. The third kappa shape index (κ3) is 4.42. The van der Waals surface area contributed by atoms with Crippen molar-refractivity contribution in [3.8, 4) is 5.75 Å². The van der Waals surface area contributed by atoms with Gasteiger partial charge < -0.3 is 9.47 Å². The van der Waals surface area contributed by atoms with Gasteiger partial charge in [0, 0.05) is 12.1 Å². The van der Waals surface area contributed by atoms with Crippen LogP contribution in [0.2, 0.25) is 0 Å². The average molecular weight is 315 g/mol. The number of esters is 1. The lowest BCUT2D eigenvalue weighted by atomic mass is 10.3. The van der Waals surface area contributed by atoms with Gasteiger partial charge in [-0.2, -0.15) is 0 Å². The van der Waals surface area contributed by atoms with E-state index in [1.807, 2.05) is 0 Å². The average Bonchev–Trinajstić information content (AvgIpc) is 2.76. The van der Waals surface area contributed by atoms with Crippen LogP contribution in [-0.4, -0.2) is 43.5 Å². The highest BCUT2D eigenvalue weighted by molar-refractivity contribution is 7.91. The number of ether oxygens (including phenoxy) is 2. The molecule has 1 saturated heterocycles. The summed E-state index contributed by atoms with van der Waals surface area (Å²) in [6.45, 7) is -0.381. The lowest BCUT2D eigenvalue weighted by Crippen LogP contribution is -2.23. The topological polar surface area (TPSA) is 113 Å². The Labute approximate surface area is 120 Å². The summed E-state index contributed by atoms with van der Waals surface area (Å²) >= 11 is 0. The molecular formula is C12H13NO7S. The van der Waals surface area contributed by atoms with Gasteiger partial charge in [-0.25, -0.2) is 13.2 Å². The third-order valence-electron chi connectivity index (χ3n) is 2.89. The van der Waals surface area contributed by atoms with Gasteiger partial charge in [0.1, 0.15) is 11.9 Å². The predicted octanol–water partition coefficient (Wildman–Crippen LogP) is 0.704. The van der Waals surface area contributed by atoms with Crippen LogP contribution in [0.5, 0.6) is 5.75 Å². The number of hydrogen-bond acceptors (Lipinski definition) is 7. The molecule has 2 rings (SSSR count). The number of carbonyl (C=O) groups excluding carboxylic acids is 1. The molecular weight excluding hydrogens is 302 g/mol. The first-order valence-corrected chi connectivity index (χ1v) is 7.95. The molecule has 1 aliphatic heterocycles. The SMILES string of the molecule is O=C(COc1ccc([N+](=O)[O-])cc1)OC1CCS(=O)(=O)C1. The second kappa shape index (κ2) is 6.08. The van der Waals surface area contributed by atoms with Gasteiger partial charge in [-0.15, -0.1) is 0 Å². The van der Waals surface area contributed by atoms with Gasteiger partial charge in [0.25, 0.3) is 5.69 Å². The molecule has 1 unspecified atom stereocenters. The smallest absolute Gasteiger partial charge is 0.344 e. The molecule has 0 aromatic heterocycles. The molecule has 9 heteroatoms. The molecule has 1 aromatic rings. The Morgan fingerprint density at radius 1 is 1.33 bits per heavy atom. The Morgan fingerprint density at radius 2 is 2.00 bits per heavy atom. The second-order valence-corrected chi connectivity index (χ2v) is 6.78. The minimum Gasteiger partial charge on any atom is -0.482 e. The zero-order valence-corrected chi connectivity index (χ0v) is 11.7. The van der Waals surface area contributed by atoms with E-state index in [1.165, 1.54) is 24.3 Å². The zero-order valence-electron chi connectivity index (χ0n) is 10.9. The van der Waals surface area contributed by atoms with E-state index in [2.05, 4.69) is 0 Å². The molecule has 0 saturated carbocycles. The van der Waals surface area contributed by atoms with Crippen molar-refractivity contribution >= 4 is 21.5 Å². The van der Waals surface area contributed by atoms with Crippen LogP contribution in [-0.2, 0) is 19.4 Å². The number of benzene rings is 1. The second-order valence-electron chi connectivity index (χ2n) is 4.55. The van der Waals surface area contributed by atoms with Crippen LogP contribution in [0.3, 0.4) is 0 Å². The largest absolute Gasteiger partial charge is 0.482 e. The van der Waals surface area contributed by atoms with Gasteiger partial charge in [0.05, 0.1) is 16.4 Å². The van der Waals surface area contributed by atoms with Gasteiger partial charge in [-0.05, 0) is 18.6 Å². The van der Waals surface area contributed by atoms with Crippen molar-refractivity contribution in [1.82, 2.24) is 0 Å². The summed E-state index contributed by atoms with van der Waals surface area (Å²) in [5.74, 6) is -0.517. The molecule has 21 heavy (non-hydrogen) atoms. The van der Waals surface area contributed by atoms with Crippen molar-refractivity contribution in [1.29, 1.82) is 0 Å². The molecule has 0 radical (unpaired) electrons. The van der Waals surface area contributed by atoms with E-state index < -0.39 is 26.8 Å². The molecule has 1 heterocycles. The lowest BCUT2D eigenvalue weighted by Gasteiger charge is -2.10. The van der Waals surface area contributed by atoms with Gasteiger partial charge >= 0.3 is 5.97 Å². The standard InChI is InChI=1S/C12H13NO7S/c14-12(20-11-5-6-21(17,18)8-11)7-19-10-3-1-9(2-4-10)13(15)16/h1-4,11H,5-8H2. The number of nitrogens with zero attached hydrogens (tertiary/aromatic N) is 1. The number of sulfone groups is 1. The quantitative estimate of drug-likeness (QED) is 0.446. The fraction of sp³-hybridized carbons (Fsp3) is 0.417. The van der Waals surface area contributed by atoms with Gasteiger partial charge in [0.15, 0.2) is 16.4 Å². The molecule has 1 fully saturated rings. The third-order valence-corrected chi connectivity index (χ3v) is 4.63. The summed E-state index contributed by atoms with van der Waals surface area (Å²) < 4.78 is 32.5. The molecule has 1 aromatic carbocycles. The molecule has 114 valence electrons. The first-order valence-electron chi connectivity index (χ1n) is 6.13. The predicted molar refractivity (Wildman–Crippen MR) is 71.7 cm³/mol. The molecule has 0 bridgehead atoms. The monoisotopic (exact) mass is 315 g/mol. The minimum absolute atomic E-state index is 0.0220. The molecule has 0 aliphatic carbocycles. The summed E-state index contributed by atoms with van der Waals surface area (Å²) in [6, 6.07) is 5.24. The van der Waals surface area contributed by atoms with E-state index >= 15 is 0 Å². The number of rotatable bonds is 5. The van der Waals surface area contributed by atoms with Crippen LogP contribution < -0.4 is 4.74 Å². The Morgan fingerprint density at radius 3 is 2.52 bits per heavy atom. The Bertz CT molecular complexity index is 638. The zero-order chi connectivity index (χ0) is 15.5. The first-order chi connectivity index (χ1) is 9.85. The Kier molecular flexibility index (Phi) is 4.41. The van der Waals surface area contributed by atoms with Gasteiger partial charge in [-0.3, -0.25) is 10.1 Å². The van der Waals surface area contributed by atoms with Crippen LogP contribution in [0.4, 0.5) is 5.69 Å². The van der Waals surface area contributed by atoms with Crippen LogP contribution in [0.1, 0.15) is 6.42 Å². The number of carbonyl (C=O) groups is 1. The molecule has 0 amide bonds. The molecule has 0 N–H and O–H groups in total. The molecule has 1 aliphatic rings. The van der Waals surface area contributed by atoms with Crippen molar-refractivity contribution in [2.24, 2.45) is 0 Å². The molecule has 0 spiro atoms. The maximum Gasteiger partial charge on any atom is 0.344 e. The van der Waals surface area contributed by atoms with Gasteiger partial charge in [0.2, 0.25) is 0 Å². The summed E-state index contributed by atoms with van der Waals surface area (Å²) in [5, 5.41) is 10.5. The number of non-ortho nitro benzene ring substituents is 1. The lowest BCUT2D eigenvalue weighted by molar-refractivity contribution is -0.384. The number of nitro groups is 1. The van der Waals surface area contributed by atoms with E-state index in [0.29, 0.717) is 6.42 Å². The fourth-order valence-corrected chi connectivity index (χ4v) is 3.47. The van der Waals surface area contributed by atoms with Gasteiger partial charge in [-0.1, -0.05) is 0 Å². The highest BCUT2D eigenvalue weighted by Crippen LogP contribution is 2.18. The normalized spacial score (nSPS) is 19.9. The highest BCUT2D eigenvalue weighted by atomic mass is 32.2. The minimum atomic E-state index is -3.10. The van der Waals surface area contributed by atoms with Crippen LogP contribution in [0, 0.1) is 10.1 Å². The van der Waals surface area contributed by atoms with E-state index in [0.717, 1.165) is 0 Å². The van der Waals surface area contributed by atoms with Crippen molar-refractivity contribution in [3.63, 3.8) is 0 Å². The maximum atomic E-state index is 11.5. The van der Waals surface area contributed by atoms with E-state index in [9.17, 15) is 23.3 Å². The van der Waals surface area contributed by atoms with Crippen LogP contribution >= 0.6 is 0 Å². The van der Waals surface area contributed by atoms with E-state index in [1.54, 1.807) is 0 Å². The summed E-state index contributed by atoms with van der Waals surface area (Å²) in [7, 11) is -3.10. The van der Waals surface area contributed by atoms with E-state index in [-0.39, 0.29) is 29.5 Å².